The molecule has 0 saturated carbocycles. The Hall–Kier alpha value is -1.14. The molecule has 96 valence electrons. The summed E-state index contributed by atoms with van der Waals surface area (Å²) in [5, 5.41) is 3.53. The van der Waals surface area contributed by atoms with Crippen LogP contribution < -0.4 is 10.2 Å². The van der Waals surface area contributed by atoms with Crippen LogP contribution in [0.25, 0.3) is 5.65 Å². The first kappa shape index (κ1) is 11.9. The smallest absolute Gasteiger partial charge is 0.211 e. The van der Waals surface area contributed by atoms with E-state index in [1.54, 1.807) is 6.20 Å². The second-order valence-corrected chi connectivity index (χ2v) is 5.76. The molecular formula is C12H16BrN5. The van der Waals surface area contributed by atoms with Crippen LogP contribution in [0.5, 0.6) is 0 Å². The van der Waals surface area contributed by atoms with Gasteiger partial charge < -0.3 is 10.2 Å². The number of anilines is 1. The summed E-state index contributed by atoms with van der Waals surface area (Å²) in [6.07, 6.45) is 5.59. The molecule has 18 heavy (non-hydrogen) atoms. The average molecular weight is 310 g/mol. The summed E-state index contributed by atoms with van der Waals surface area (Å²) in [6, 6.07) is 0.940. The lowest BCUT2D eigenvalue weighted by atomic mass is 10.1. The zero-order valence-electron chi connectivity index (χ0n) is 10.5. The van der Waals surface area contributed by atoms with Crippen LogP contribution >= 0.6 is 15.9 Å². The van der Waals surface area contributed by atoms with Crippen molar-refractivity contribution in [2.75, 3.05) is 18.0 Å². The minimum absolute atomic E-state index is 0.470. The highest BCUT2D eigenvalue weighted by molar-refractivity contribution is 9.10. The minimum Gasteiger partial charge on any atom is -0.339 e. The molecule has 2 atom stereocenters. The molecule has 1 saturated heterocycles. The van der Waals surface area contributed by atoms with Crippen molar-refractivity contribution in [1.29, 1.82) is 0 Å². The summed E-state index contributed by atoms with van der Waals surface area (Å²) in [6.45, 7) is 6.33. The second-order valence-electron chi connectivity index (χ2n) is 4.90. The molecular weight excluding hydrogens is 294 g/mol. The van der Waals surface area contributed by atoms with Crippen molar-refractivity contribution in [3.8, 4) is 0 Å². The van der Waals surface area contributed by atoms with Crippen LogP contribution in [-0.2, 0) is 0 Å². The molecule has 5 nitrogen and oxygen atoms in total. The van der Waals surface area contributed by atoms with Gasteiger partial charge in [-0.2, -0.15) is 0 Å². The molecule has 3 rings (SSSR count). The van der Waals surface area contributed by atoms with Gasteiger partial charge in [-0.15, -0.1) is 0 Å². The van der Waals surface area contributed by atoms with Gasteiger partial charge in [0.15, 0.2) is 5.65 Å². The number of nitrogens with zero attached hydrogens (tertiary/aromatic N) is 4. The Morgan fingerprint density at radius 1 is 1.28 bits per heavy atom. The van der Waals surface area contributed by atoms with Gasteiger partial charge in [0, 0.05) is 43.8 Å². The maximum Gasteiger partial charge on any atom is 0.211 e. The Bertz CT molecular complexity index is 557. The number of nitrogens with one attached hydrogen (secondary N) is 1. The van der Waals surface area contributed by atoms with Crippen molar-refractivity contribution in [1.82, 2.24) is 19.7 Å². The van der Waals surface area contributed by atoms with E-state index in [1.165, 1.54) is 0 Å². The first-order valence-electron chi connectivity index (χ1n) is 6.13. The van der Waals surface area contributed by atoms with Crippen LogP contribution in [0.2, 0.25) is 0 Å². The summed E-state index contributed by atoms with van der Waals surface area (Å²) in [7, 11) is 0. The van der Waals surface area contributed by atoms with Crippen molar-refractivity contribution in [3.05, 3.63) is 23.1 Å². The third kappa shape index (κ3) is 1.99. The van der Waals surface area contributed by atoms with E-state index in [9.17, 15) is 0 Å². The zero-order chi connectivity index (χ0) is 12.7. The highest BCUT2D eigenvalue weighted by atomic mass is 79.9. The number of fused-ring (bicyclic) bond motifs is 1. The Labute approximate surface area is 114 Å². The molecule has 2 aromatic rings. The summed E-state index contributed by atoms with van der Waals surface area (Å²) in [4.78, 5) is 11.2. The van der Waals surface area contributed by atoms with Crippen LogP contribution in [0.4, 0.5) is 5.95 Å². The number of halogens is 1. The van der Waals surface area contributed by atoms with Gasteiger partial charge in [0.1, 0.15) is 0 Å². The molecule has 0 spiro atoms. The van der Waals surface area contributed by atoms with E-state index in [1.807, 2.05) is 16.8 Å². The number of hydrogen-bond acceptors (Lipinski definition) is 4. The van der Waals surface area contributed by atoms with Crippen LogP contribution in [0.15, 0.2) is 23.1 Å². The van der Waals surface area contributed by atoms with Crippen LogP contribution in [0, 0.1) is 0 Å². The molecule has 2 aromatic heterocycles. The third-order valence-corrected chi connectivity index (χ3v) is 3.76. The Kier molecular flexibility index (Phi) is 2.99. The molecule has 0 radical (unpaired) electrons. The van der Waals surface area contributed by atoms with Crippen LogP contribution in [0.3, 0.4) is 0 Å². The molecule has 0 aromatic carbocycles. The van der Waals surface area contributed by atoms with Gasteiger partial charge in [0.05, 0.1) is 4.47 Å². The van der Waals surface area contributed by atoms with Gasteiger partial charge in [-0.05, 0) is 29.8 Å². The number of hydrogen-bond donors (Lipinski definition) is 1. The quantitative estimate of drug-likeness (QED) is 0.870. The first-order chi connectivity index (χ1) is 8.65. The molecule has 3 heterocycles. The fourth-order valence-corrected chi connectivity index (χ4v) is 3.00. The molecule has 0 aliphatic carbocycles. The van der Waals surface area contributed by atoms with Crippen LogP contribution in [0.1, 0.15) is 13.8 Å². The lowest BCUT2D eigenvalue weighted by Crippen LogP contribution is -2.54. The number of piperazine rings is 1. The summed E-state index contributed by atoms with van der Waals surface area (Å²) in [5.41, 5.74) is 0.916. The average Bonchev–Trinajstić information content (AvgIpc) is 2.77. The highest BCUT2D eigenvalue weighted by Gasteiger charge is 2.23. The van der Waals surface area contributed by atoms with E-state index in [2.05, 4.69) is 50.0 Å². The van der Waals surface area contributed by atoms with Gasteiger partial charge in [-0.1, -0.05) is 0 Å². The monoisotopic (exact) mass is 309 g/mol. The molecule has 0 amide bonds. The standard InChI is InChI=1S/C12H16BrN5/c1-8-6-17(7-9(2)16-8)12-15-5-10(13)11-14-3-4-18(11)12/h3-5,8-9,16H,6-7H2,1-2H3. The Balaban J connectivity index is 2.03. The van der Waals surface area contributed by atoms with E-state index in [0.717, 1.165) is 29.2 Å². The van der Waals surface area contributed by atoms with Gasteiger partial charge in [-0.3, -0.25) is 4.40 Å². The summed E-state index contributed by atoms with van der Waals surface area (Å²) < 4.78 is 2.96. The van der Waals surface area contributed by atoms with Crippen molar-refractivity contribution < 1.29 is 0 Å². The minimum atomic E-state index is 0.470. The van der Waals surface area contributed by atoms with Crippen molar-refractivity contribution in [3.63, 3.8) is 0 Å². The van der Waals surface area contributed by atoms with E-state index >= 15 is 0 Å². The van der Waals surface area contributed by atoms with Crippen molar-refractivity contribution in [2.45, 2.75) is 25.9 Å². The zero-order valence-corrected chi connectivity index (χ0v) is 12.1. The molecule has 1 fully saturated rings. The van der Waals surface area contributed by atoms with Crippen molar-refractivity contribution in [2.24, 2.45) is 0 Å². The summed E-state index contributed by atoms with van der Waals surface area (Å²) in [5.74, 6) is 0.964. The molecule has 0 bridgehead atoms. The molecule has 2 unspecified atom stereocenters. The SMILES string of the molecule is CC1CN(c2ncc(Br)c3nccn23)CC(C)N1. The first-order valence-corrected chi connectivity index (χ1v) is 6.93. The van der Waals surface area contributed by atoms with E-state index in [-0.39, 0.29) is 0 Å². The normalized spacial score (nSPS) is 24.7. The lowest BCUT2D eigenvalue weighted by Gasteiger charge is -2.36. The number of rotatable bonds is 1. The number of imidazole rings is 1. The van der Waals surface area contributed by atoms with E-state index in [4.69, 9.17) is 0 Å². The fraction of sp³-hybridized carbons (Fsp3) is 0.500. The van der Waals surface area contributed by atoms with E-state index < -0.39 is 0 Å². The third-order valence-electron chi connectivity index (χ3n) is 3.20. The van der Waals surface area contributed by atoms with Gasteiger partial charge >= 0.3 is 0 Å². The second kappa shape index (κ2) is 4.51. The largest absolute Gasteiger partial charge is 0.339 e. The van der Waals surface area contributed by atoms with E-state index in [0.29, 0.717) is 12.1 Å². The number of aromatic nitrogens is 3. The highest BCUT2D eigenvalue weighted by Crippen LogP contribution is 2.22. The molecule has 1 N–H and O–H groups in total. The van der Waals surface area contributed by atoms with Crippen molar-refractivity contribution >= 4 is 27.5 Å². The predicted octanol–water partition coefficient (Wildman–Crippen LogP) is 1.68. The van der Waals surface area contributed by atoms with Gasteiger partial charge in [0.25, 0.3) is 0 Å². The van der Waals surface area contributed by atoms with Gasteiger partial charge in [-0.25, -0.2) is 9.97 Å². The van der Waals surface area contributed by atoms with Gasteiger partial charge in [0.2, 0.25) is 5.95 Å². The van der Waals surface area contributed by atoms with Crippen LogP contribution in [-0.4, -0.2) is 39.5 Å². The maximum absolute atomic E-state index is 4.55. The molecule has 6 heteroatoms. The Morgan fingerprint density at radius 2 is 2.00 bits per heavy atom. The molecule has 1 aliphatic heterocycles. The lowest BCUT2D eigenvalue weighted by molar-refractivity contribution is 0.402. The predicted molar refractivity (Wildman–Crippen MR) is 75.0 cm³/mol. The summed E-state index contributed by atoms with van der Waals surface area (Å²) >= 11 is 3.48. The molecule has 1 aliphatic rings. The fourth-order valence-electron chi connectivity index (χ4n) is 2.60. The topological polar surface area (TPSA) is 45.5 Å². The maximum atomic E-state index is 4.55. The Morgan fingerprint density at radius 3 is 2.72 bits per heavy atom.